The van der Waals surface area contributed by atoms with Crippen molar-refractivity contribution >= 4 is 27.3 Å². The Hall–Kier alpha value is -2.78. The number of nitro groups is 1. The molecule has 0 fully saturated rings. The van der Waals surface area contributed by atoms with Crippen LogP contribution in [0.3, 0.4) is 0 Å². The van der Waals surface area contributed by atoms with Crippen molar-refractivity contribution in [2.45, 2.75) is 12.7 Å². The molecule has 0 unspecified atom stereocenters. The van der Waals surface area contributed by atoms with Crippen molar-refractivity contribution in [3.63, 3.8) is 0 Å². The van der Waals surface area contributed by atoms with Crippen molar-refractivity contribution in [2.75, 3.05) is 5.32 Å². The van der Waals surface area contributed by atoms with Gasteiger partial charge in [-0.2, -0.15) is 0 Å². The molecule has 126 valence electrons. The van der Waals surface area contributed by atoms with E-state index >= 15 is 0 Å². The lowest BCUT2D eigenvalue weighted by Crippen LogP contribution is -2.15. The number of carbonyl (C=O) groups excluding carboxylic acids is 1. The normalized spacial score (nSPS) is 11.1. The zero-order chi connectivity index (χ0) is 17.9. The van der Waals surface area contributed by atoms with Crippen molar-refractivity contribution in [1.82, 2.24) is 0 Å². The van der Waals surface area contributed by atoms with Crippen molar-refractivity contribution < 1.29 is 18.1 Å². The number of non-ortho nitro benzene ring substituents is 1. The van der Waals surface area contributed by atoms with Gasteiger partial charge in [0.05, 0.1) is 10.7 Å². The lowest BCUT2D eigenvalue weighted by Gasteiger charge is -2.08. The molecule has 1 amide bonds. The molecule has 0 aliphatic carbocycles. The molecule has 0 radical (unpaired) electrons. The third-order valence-electron chi connectivity index (χ3n) is 3.25. The standard InChI is InChI=1S/C15H15N3O5S/c1-10-8-13(18(20)21)6-7-14(10)15(19)17-12-4-2-11(3-5-12)9-24(16,22)23/h2-8H,9H2,1H3,(H,17,19)(H2,16,22,23). The summed E-state index contributed by atoms with van der Waals surface area (Å²) in [6, 6.07) is 10.2. The highest BCUT2D eigenvalue weighted by Crippen LogP contribution is 2.19. The summed E-state index contributed by atoms with van der Waals surface area (Å²) in [7, 11) is -3.62. The van der Waals surface area contributed by atoms with Crippen molar-refractivity contribution in [3.05, 3.63) is 69.3 Å². The van der Waals surface area contributed by atoms with Crippen LogP contribution in [-0.2, 0) is 15.8 Å². The number of nitrogens with two attached hydrogens (primary N) is 1. The molecule has 2 aromatic rings. The van der Waals surface area contributed by atoms with E-state index in [0.717, 1.165) is 0 Å². The number of sulfonamides is 1. The van der Waals surface area contributed by atoms with E-state index in [0.29, 0.717) is 22.4 Å². The highest BCUT2D eigenvalue weighted by atomic mass is 32.2. The zero-order valence-electron chi connectivity index (χ0n) is 12.7. The molecule has 2 aromatic carbocycles. The molecular weight excluding hydrogens is 334 g/mol. The highest BCUT2D eigenvalue weighted by molar-refractivity contribution is 7.88. The molecule has 0 bridgehead atoms. The van der Waals surface area contributed by atoms with Crippen LogP contribution in [0.15, 0.2) is 42.5 Å². The Balaban J connectivity index is 2.13. The van der Waals surface area contributed by atoms with Gasteiger partial charge in [-0.05, 0) is 36.2 Å². The van der Waals surface area contributed by atoms with Crippen LogP contribution in [0.25, 0.3) is 0 Å². The van der Waals surface area contributed by atoms with Crippen LogP contribution in [0.2, 0.25) is 0 Å². The van der Waals surface area contributed by atoms with E-state index in [2.05, 4.69) is 5.32 Å². The maximum atomic E-state index is 12.2. The van der Waals surface area contributed by atoms with Crippen LogP contribution in [0.1, 0.15) is 21.5 Å². The van der Waals surface area contributed by atoms with Crippen LogP contribution in [-0.4, -0.2) is 19.2 Å². The van der Waals surface area contributed by atoms with Crippen molar-refractivity contribution in [3.8, 4) is 0 Å². The summed E-state index contributed by atoms with van der Waals surface area (Å²) in [5.74, 6) is -0.704. The number of primary sulfonamides is 1. The second kappa shape index (κ2) is 6.77. The molecule has 0 saturated carbocycles. The van der Waals surface area contributed by atoms with Gasteiger partial charge in [-0.3, -0.25) is 14.9 Å². The molecule has 2 rings (SSSR count). The van der Waals surface area contributed by atoms with E-state index in [1.165, 1.54) is 18.2 Å². The third-order valence-corrected chi connectivity index (χ3v) is 3.98. The summed E-state index contributed by atoms with van der Waals surface area (Å²) in [5, 5.41) is 18.3. The molecule has 3 N–H and O–H groups in total. The van der Waals surface area contributed by atoms with Crippen LogP contribution in [0, 0.1) is 17.0 Å². The summed E-state index contributed by atoms with van der Waals surface area (Å²) >= 11 is 0. The van der Waals surface area contributed by atoms with Crippen LogP contribution < -0.4 is 10.5 Å². The minimum absolute atomic E-state index is 0.0867. The first-order valence-corrected chi connectivity index (χ1v) is 8.53. The predicted octanol–water partition coefficient (Wildman–Crippen LogP) is 1.94. The molecule has 0 aliphatic heterocycles. The number of anilines is 1. The SMILES string of the molecule is Cc1cc([N+](=O)[O-])ccc1C(=O)Nc1ccc(CS(N)(=O)=O)cc1. The van der Waals surface area contributed by atoms with Gasteiger partial charge in [0.25, 0.3) is 11.6 Å². The fourth-order valence-electron chi connectivity index (χ4n) is 2.13. The predicted molar refractivity (Wildman–Crippen MR) is 89.0 cm³/mol. The quantitative estimate of drug-likeness (QED) is 0.629. The topological polar surface area (TPSA) is 132 Å². The first-order valence-electron chi connectivity index (χ1n) is 6.81. The van der Waals surface area contributed by atoms with Gasteiger partial charge in [0.2, 0.25) is 10.0 Å². The average molecular weight is 349 g/mol. The molecule has 0 atom stereocenters. The third kappa shape index (κ3) is 4.61. The summed E-state index contributed by atoms with van der Waals surface area (Å²) in [4.78, 5) is 22.4. The molecule has 0 saturated heterocycles. The lowest BCUT2D eigenvalue weighted by molar-refractivity contribution is -0.384. The maximum absolute atomic E-state index is 12.2. The van der Waals surface area contributed by atoms with Gasteiger partial charge in [0.1, 0.15) is 0 Å². The van der Waals surface area contributed by atoms with Crippen LogP contribution in [0.5, 0.6) is 0 Å². The van der Waals surface area contributed by atoms with Gasteiger partial charge in [-0.1, -0.05) is 12.1 Å². The van der Waals surface area contributed by atoms with E-state index in [1.54, 1.807) is 31.2 Å². The minimum Gasteiger partial charge on any atom is -0.322 e. The largest absolute Gasteiger partial charge is 0.322 e. The minimum atomic E-state index is -3.62. The summed E-state index contributed by atoms with van der Waals surface area (Å²) < 4.78 is 22.0. The van der Waals surface area contributed by atoms with Crippen molar-refractivity contribution in [1.29, 1.82) is 0 Å². The Morgan fingerprint density at radius 3 is 2.33 bits per heavy atom. The summed E-state index contributed by atoms with van der Waals surface area (Å²) in [6.07, 6.45) is 0. The zero-order valence-corrected chi connectivity index (χ0v) is 13.5. The second-order valence-corrected chi connectivity index (χ2v) is 6.83. The van der Waals surface area contributed by atoms with E-state index in [9.17, 15) is 23.3 Å². The van der Waals surface area contributed by atoms with E-state index in [1.807, 2.05) is 0 Å². The number of aryl methyl sites for hydroxylation is 1. The van der Waals surface area contributed by atoms with Gasteiger partial charge < -0.3 is 5.32 Å². The Bertz CT molecular complexity index is 892. The molecule has 0 heterocycles. The number of rotatable bonds is 5. The Kier molecular flexibility index (Phi) is 4.96. The van der Waals surface area contributed by atoms with Gasteiger partial charge in [0, 0.05) is 23.4 Å². The van der Waals surface area contributed by atoms with E-state index < -0.39 is 20.9 Å². The number of amides is 1. The molecular formula is C15H15N3O5S. The fourth-order valence-corrected chi connectivity index (χ4v) is 2.79. The number of hydrogen-bond donors (Lipinski definition) is 2. The molecule has 0 spiro atoms. The molecule has 8 nitrogen and oxygen atoms in total. The summed E-state index contributed by atoms with van der Waals surface area (Å²) in [6.45, 7) is 1.61. The smallest absolute Gasteiger partial charge is 0.269 e. The Morgan fingerprint density at radius 2 is 1.83 bits per heavy atom. The van der Waals surface area contributed by atoms with Crippen LogP contribution >= 0.6 is 0 Å². The second-order valence-electron chi connectivity index (χ2n) is 5.21. The van der Waals surface area contributed by atoms with Gasteiger partial charge in [0.15, 0.2) is 0 Å². The van der Waals surface area contributed by atoms with Gasteiger partial charge >= 0.3 is 0 Å². The van der Waals surface area contributed by atoms with Crippen LogP contribution in [0.4, 0.5) is 11.4 Å². The molecule has 0 aromatic heterocycles. The number of hydrogen-bond acceptors (Lipinski definition) is 5. The van der Waals surface area contributed by atoms with Crippen molar-refractivity contribution in [2.24, 2.45) is 5.14 Å². The first-order chi connectivity index (χ1) is 11.2. The molecule has 9 heteroatoms. The Labute approximate surface area is 138 Å². The number of nitrogens with zero attached hydrogens (tertiary/aromatic N) is 1. The number of nitrogens with one attached hydrogen (secondary N) is 1. The Morgan fingerprint density at radius 1 is 1.21 bits per heavy atom. The number of carbonyl (C=O) groups is 1. The van der Waals surface area contributed by atoms with E-state index in [4.69, 9.17) is 5.14 Å². The first kappa shape index (κ1) is 17.6. The van der Waals surface area contributed by atoms with Gasteiger partial charge in [-0.25, -0.2) is 13.6 Å². The van der Waals surface area contributed by atoms with Gasteiger partial charge in [-0.15, -0.1) is 0 Å². The lowest BCUT2D eigenvalue weighted by atomic mass is 10.1. The average Bonchev–Trinajstić information content (AvgIpc) is 2.47. The number of benzene rings is 2. The highest BCUT2D eigenvalue weighted by Gasteiger charge is 2.14. The molecule has 24 heavy (non-hydrogen) atoms. The monoisotopic (exact) mass is 349 g/mol. The maximum Gasteiger partial charge on any atom is 0.269 e. The number of nitro benzene ring substituents is 1. The molecule has 0 aliphatic rings. The van der Waals surface area contributed by atoms with E-state index in [-0.39, 0.29) is 11.4 Å². The fraction of sp³-hybridized carbons (Fsp3) is 0.133. The summed E-state index contributed by atoms with van der Waals surface area (Å²) in [5.41, 5.74) is 1.68.